The molecule has 38 heavy (non-hydrogen) atoms. The monoisotopic (exact) mass is 540 g/mol. The van der Waals surface area contributed by atoms with Gasteiger partial charge in [-0.3, -0.25) is 9.78 Å². The van der Waals surface area contributed by atoms with Gasteiger partial charge in [0, 0.05) is 41.6 Å². The van der Waals surface area contributed by atoms with E-state index in [0.717, 1.165) is 22.2 Å². The Morgan fingerprint density at radius 2 is 1.79 bits per heavy atom. The summed E-state index contributed by atoms with van der Waals surface area (Å²) in [6.45, 7) is 5.09. The van der Waals surface area contributed by atoms with Crippen LogP contribution in [-0.4, -0.2) is 66.8 Å². The first-order valence-electron chi connectivity index (χ1n) is 12.4. The Balaban J connectivity index is 1.45. The zero-order valence-corrected chi connectivity index (χ0v) is 22.5. The maximum absolute atomic E-state index is 13.3. The number of rotatable bonds is 10. The number of carbonyl (C=O) groups excluding carboxylic acids is 2. The van der Waals surface area contributed by atoms with Crippen molar-refractivity contribution in [2.24, 2.45) is 5.41 Å². The van der Waals surface area contributed by atoms with Gasteiger partial charge in [0.1, 0.15) is 19.0 Å². The van der Waals surface area contributed by atoms with Crippen molar-refractivity contribution in [1.29, 1.82) is 0 Å². The highest BCUT2D eigenvalue weighted by atomic mass is 32.2. The van der Waals surface area contributed by atoms with Gasteiger partial charge >= 0.3 is 6.09 Å². The molecule has 1 saturated heterocycles. The second-order valence-electron chi connectivity index (χ2n) is 10.1. The second kappa shape index (κ2) is 11.1. The van der Waals surface area contributed by atoms with Gasteiger partial charge < -0.3 is 19.5 Å². The molecule has 2 aromatic carbocycles. The smallest absolute Gasteiger partial charge is 0.410 e. The third-order valence-corrected chi connectivity index (χ3v) is 8.38. The Morgan fingerprint density at radius 3 is 2.45 bits per heavy atom. The van der Waals surface area contributed by atoms with Gasteiger partial charge in [-0.05, 0) is 57.2 Å². The largest absolute Gasteiger partial charge is 0.489 e. The van der Waals surface area contributed by atoms with Gasteiger partial charge in [0.15, 0.2) is 15.6 Å². The summed E-state index contributed by atoms with van der Waals surface area (Å²) in [4.78, 5) is 30.2. The van der Waals surface area contributed by atoms with Gasteiger partial charge in [0.05, 0.1) is 22.3 Å². The predicted molar refractivity (Wildman–Crippen MR) is 142 cm³/mol. The molecule has 202 valence electrons. The van der Waals surface area contributed by atoms with E-state index in [1.54, 1.807) is 26.0 Å². The van der Waals surface area contributed by atoms with Crippen molar-refractivity contribution in [3.05, 3.63) is 65.9 Å². The van der Waals surface area contributed by atoms with E-state index in [9.17, 15) is 23.1 Å². The summed E-state index contributed by atoms with van der Waals surface area (Å²) in [5, 5.41) is 10.2. The lowest BCUT2D eigenvalue weighted by Crippen LogP contribution is -2.62. The van der Waals surface area contributed by atoms with E-state index in [1.807, 2.05) is 37.3 Å². The number of para-hydroxylation sites is 1. The lowest BCUT2D eigenvalue weighted by molar-refractivity contribution is -0.126. The van der Waals surface area contributed by atoms with Crippen LogP contribution < -0.4 is 4.74 Å². The molecule has 0 atom stereocenters. The zero-order chi connectivity index (χ0) is 27.5. The van der Waals surface area contributed by atoms with Gasteiger partial charge in [0.2, 0.25) is 0 Å². The van der Waals surface area contributed by atoms with Crippen LogP contribution in [0.1, 0.15) is 31.5 Å². The minimum atomic E-state index is -3.80. The molecule has 1 aliphatic rings. The predicted octanol–water partition coefficient (Wildman–Crippen LogP) is 3.69. The molecule has 2 heterocycles. The van der Waals surface area contributed by atoms with Crippen LogP contribution in [0.15, 0.2) is 59.5 Å². The summed E-state index contributed by atoms with van der Waals surface area (Å²) in [6.07, 6.45) is -1.01. The van der Waals surface area contributed by atoms with E-state index in [-0.39, 0.29) is 36.3 Å². The number of Topliss-reactive ketones (excluding diaryl/α,β-unsaturated/α-hetero) is 1. The standard InChI is InChI=1S/C28H32N2O7S/c1-19(2)37-27(33)30-16-28(17-30,13-22(32)14-31)18-38(34,35)24-10-8-23(9-11-24)36-15-21-12-20(3)29-26-7-5-4-6-25(21)26/h4-12,19,31H,13-18H2,1-3H3. The fourth-order valence-corrected chi connectivity index (χ4v) is 6.61. The third-order valence-electron chi connectivity index (χ3n) is 6.40. The number of ketones is 1. The molecule has 9 nitrogen and oxygen atoms in total. The molecule has 4 rings (SSSR count). The number of aromatic nitrogens is 1. The Labute approximate surface area is 222 Å². The number of aliphatic hydroxyl groups excluding tert-OH is 1. The summed E-state index contributed by atoms with van der Waals surface area (Å²) in [7, 11) is -3.80. The highest BCUT2D eigenvalue weighted by Gasteiger charge is 2.50. The molecule has 0 spiro atoms. The number of aliphatic hydroxyl groups is 1. The Bertz CT molecular complexity index is 1430. The molecule has 1 aliphatic heterocycles. The molecular formula is C28H32N2O7S. The average Bonchev–Trinajstić information content (AvgIpc) is 2.84. The van der Waals surface area contributed by atoms with Crippen molar-refractivity contribution in [3.8, 4) is 5.75 Å². The maximum Gasteiger partial charge on any atom is 0.410 e. The first kappa shape index (κ1) is 27.5. The summed E-state index contributed by atoms with van der Waals surface area (Å²) in [5.74, 6) is -0.293. The minimum absolute atomic E-state index is 0.0595. The Hall–Kier alpha value is -3.50. The number of carbonyl (C=O) groups is 2. The molecule has 0 radical (unpaired) electrons. The van der Waals surface area contributed by atoms with Crippen molar-refractivity contribution in [2.75, 3.05) is 25.4 Å². The van der Waals surface area contributed by atoms with Crippen LogP contribution in [0.4, 0.5) is 4.79 Å². The number of amides is 1. The van der Waals surface area contributed by atoms with Gasteiger partial charge in [0.25, 0.3) is 0 Å². The third kappa shape index (κ3) is 6.31. The van der Waals surface area contributed by atoms with Crippen LogP contribution in [0.5, 0.6) is 5.75 Å². The van der Waals surface area contributed by atoms with Gasteiger partial charge in [-0.15, -0.1) is 0 Å². The van der Waals surface area contributed by atoms with Crippen LogP contribution in [0.3, 0.4) is 0 Å². The molecule has 1 fully saturated rings. The van der Waals surface area contributed by atoms with E-state index < -0.39 is 33.7 Å². The lowest BCUT2D eigenvalue weighted by atomic mass is 9.77. The van der Waals surface area contributed by atoms with Crippen molar-refractivity contribution in [1.82, 2.24) is 9.88 Å². The number of aryl methyl sites for hydroxylation is 1. The number of nitrogens with zero attached hydrogens (tertiary/aromatic N) is 2. The highest BCUT2D eigenvalue weighted by molar-refractivity contribution is 7.91. The topological polar surface area (TPSA) is 123 Å². The molecule has 10 heteroatoms. The SMILES string of the molecule is Cc1cc(COc2ccc(S(=O)(=O)CC3(CC(=O)CO)CN(C(=O)OC(C)C)C3)cc2)c2ccccc2n1. The van der Waals surface area contributed by atoms with Gasteiger partial charge in [-0.1, -0.05) is 18.2 Å². The summed E-state index contributed by atoms with van der Waals surface area (Å²) >= 11 is 0. The van der Waals surface area contributed by atoms with Crippen LogP contribution in [0.25, 0.3) is 10.9 Å². The first-order chi connectivity index (χ1) is 18.0. The summed E-state index contributed by atoms with van der Waals surface area (Å²) < 4.78 is 37.7. The van der Waals surface area contributed by atoms with Gasteiger partial charge in [-0.25, -0.2) is 13.2 Å². The molecular weight excluding hydrogens is 508 g/mol. The molecule has 0 aliphatic carbocycles. The van der Waals surface area contributed by atoms with Crippen molar-refractivity contribution >= 4 is 32.6 Å². The van der Waals surface area contributed by atoms with Crippen LogP contribution in [-0.2, 0) is 26.0 Å². The number of hydrogen-bond donors (Lipinski definition) is 1. The Kier molecular flexibility index (Phi) is 8.03. The maximum atomic E-state index is 13.3. The van der Waals surface area contributed by atoms with Crippen LogP contribution in [0.2, 0.25) is 0 Å². The quantitative estimate of drug-likeness (QED) is 0.413. The molecule has 0 bridgehead atoms. The summed E-state index contributed by atoms with van der Waals surface area (Å²) in [6, 6.07) is 15.9. The number of hydrogen-bond acceptors (Lipinski definition) is 8. The average molecular weight is 541 g/mol. The lowest BCUT2D eigenvalue weighted by Gasteiger charge is -2.49. The number of likely N-dealkylation sites (tertiary alicyclic amines) is 1. The summed E-state index contributed by atoms with van der Waals surface area (Å²) in [5.41, 5.74) is 1.76. The van der Waals surface area contributed by atoms with Crippen molar-refractivity contribution < 1.29 is 32.6 Å². The zero-order valence-electron chi connectivity index (χ0n) is 21.7. The van der Waals surface area contributed by atoms with Crippen molar-refractivity contribution in [3.63, 3.8) is 0 Å². The number of pyridine rings is 1. The fourth-order valence-electron chi connectivity index (χ4n) is 4.80. The van der Waals surface area contributed by atoms with Crippen LogP contribution in [0, 0.1) is 12.3 Å². The molecule has 1 amide bonds. The molecule has 3 aromatic rings. The van der Waals surface area contributed by atoms with E-state index in [0.29, 0.717) is 12.4 Å². The number of benzene rings is 2. The number of fused-ring (bicyclic) bond motifs is 1. The van der Waals surface area contributed by atoms with E-state index in [2.05, 4.69) is 4.98 Å². The van der Waals surface area contributed by atoms with E-state index in [1.165, 1.54) is 17.0 Å². The van der Waals surface area contributed by atoms with E-state index in [4.69, 9.17) is 9.47 Å². The number of ether oxygens (including phenoxy) is 2. The molecule has 1 aromatic heterocycles. The normalized spacial score (nSPS) is 14.8. The minimum Gasteiger partial charge on any atom is -0.489 e. The molecule has 0 saturated carbocycles. The second-order valence-corrected chi connectivity index (χ2v) is 12.1. The van der Waals surface area contributed by atoms with Crippen molar-refractivity contribution in [2.45, 2.75) is 44.8 Å². The molecule has 1 N–H and O–H groups in total. The number of sulfone groups is 1. The molecule has 0 unspecified atom stereocenters. The van der Waals surface area contributed by atoms with E-state index >= 15 is 0 Å². The highest BCUT2D eigenvalue weighted by Crippen LogP contribution is 2.38. The van der Waals surface area contributed by atoms with Gasteiger partial charge in [-0.2, -0.15) is 0 Å². The first-order valence-corrected chi connectivity index (χ1v) is 14.0. The Morgan fingerprint density at radius 1 is 1.11 bits per heavy atom. The fraction of sp³-hybridized carbons (Fsp3) is 0.393. The van der Waals surface area contributed by atoms with Crippen LogP contribution >= 0.6 is 0 Å².